The average molecular weight is 255 g/mol. The Morgan fingerprint density at radius 2 is 2.21 bits per heavy atom. The zero-order chi connectivity index (χ0) is 12.9. The molecule has 0 aliphatic heterocycles. The molecule has 2 N–H and O–H groups in total. The Hall–Kier alpha value is -2.14. The molecule has 0 atom stereocenters. The third-order valence-corrected chi connectivity index (χ3v) is 3.15. The van der Waals surface area contributed by atoms with Gasteiger partial charge in [0.2, 0.25) is 0 Å². The lowest BCUT2D eigenvalue weighted by atomic mass is 10.3. The number of rotatable bonds is 6. The topological polar surface area (TPSA) is 58.5 Å². The maximum absolute atomic E-state index is 4.39. The molecule has 0 amide bonds. The number of H-pyrrole nitrogens is 1. The zero-order valence-corrected chi connectivity index (χ0v) is 10.7. The molecule has 2 aromatic heterocycles. The van der Waals surface area contributed by atoms with Gasteiger partial charge in [-0.2, -0.15) is 0 Å². The standard InChI is InChI=1S/C14H17N5/c1-2-5-14-13(4-1)18-11-19(14)7-3-6-15-8-12-9-16-10-17-12/h1-2,4-5,9-11,15H,3,6-8H2,(H,16,17). The van der Waals surface area contributed by atoms with Gasteiger partial charge in [0, 0.05) is 25.0 Å². The molecule has 0 aliphatic carbocycles. The third-order valence-electron chi connectivity index (χ3n) is 3.15. The van der Waals surface area contributed by atoms with E-state index in [1.165, 1.54) is 5.52 Å². The maximum Gasteiger partial charge on any atom is 0.0958 e. The summed E-state index contributed by atoms with van der Waals surface area (Å²) in [6, 6.07) is 8.23. The number of aromatic nitrogens is 4. The largest absolute Gasteiger partial charge is 0.347 e. The Morgan fingerprint density at radius 3 is 3.11 bits per heavy atom. The van der Waals surface area contributed by atoms with Crippen molar-refractivity contribution in [1.29, 1.82) is 0 Å². The number of benzene rings is 1. The van der Waals surface area contributed by atoms with E-state index in [2.05, 4.69) is 37.0 Å². The lowest BCUT2D eigenvalue weighted by Crippen LogP contribution is -2.16. The van der Waals surface area contributed by atoms with Crippen molar-refractivity contribution in [2.45, 2.75) is 19.5 Å². The summed E-state index contributed by atoms with van der Waals surface area (Å²) >= 11 is 0. The second-order valence-corrected chi connectivity index (χ2v) is 4.53. The molecule has 19 heavy (non-hydrogen) atoms. The van der Waals surface area contributed by atoms with Crippen molar-refractivity contribution >= 4 is 11.0 Å². The normalized spacial score (nSPS) is 11.2. The highest BCUT2D eigenvalue weighted by atomic mass is 15.0. The van der Waals surface area contributed by atoms with E-state index in [1.807, 2.05) is 24.7 Å². The van der Waals surface area contributed by atoms with Crippen LogP contribution in [0, 0.1) is 0 Å². The summed E-state index contributed by atoms with van der Waals surface area (Å²) in [5, 5.41) is 3.39. The molecule has 3 rings (SSSR count). The summed E-state index contributed by atoms with van der Waals surface area (Å²) in [5.41, 5.74) is 3.39. The highest BCUT2D eigenvalue weighted by molar-refractivity contribution is 5.74. The molecular formula is C14H17N5. The Kier molecular flexibility index (Phi) is 3.56. The van der Waals surface area contributed by atoms with Gasteiger partial charge in [0.1, 0.15) is 0 Å². The molecule has 2 heterocycles. The van der Waals surface area contributed by atoms with Gasteiger partial charge in [0.05, 0.1) is 23.7 Å². The van der Waals surface area contributed by atoms with Crippen LogP contribution < -0.4 is 5.32 Å². The first kappa shape index (κ1) is 11.9. The van der Waals surface area contributed by atoms with Gasteiger partial charge in [-0.05, 0) is 25.1 Å². The van der Waals surface area contributed by atoms with Gasteiger partial charge in [-0.3, -0.25) is 0 Å². The lowest BCUT2D eigenvalue weighted by molar-refractivity contribution is 0.585. The fraction of sp³-hybridized carbons (Fsp3) is 0.286. The number of nitrogens with one attached hydrogen (secondary N) is 2. The van der Waals surface area contributed by atoms with E-state index in [0.717, 1.165) is 37.3 Å². The van der Waals surface area contributed by atoms with E-state index >= 15 is 0 Å². The van der Waals surface area contributed by atoms with E-state index in [0.29, 0.717) is 0 Å². The molecule has 0 aliphatic rings. The van der Waals surface area contributed by atoms with Crippen LogP contribution in [0.25, 0.3) is 11.0 Å². The summed E-state index contributed by atoms with van der Waals surface area (Å²) in [4.78, 5) is 11.5. The van der Waals surface area contributed by atoms with Crippen molar-refractivity contribution in [3.8, 4) is 0 Å². The van der Waals surface area contributed by atoms with Crippen molar-refractivity contribution in [2.75, 3.05) is 6.54 Å². The maximum atomic E-state index is 4.39. The molecule has 5 heteroatoms. The average Bonchev–Trinajstić information content (AvgIpc) is 3.08. The molecule has 0 bridgehead atoms. The zero-order valence-electron chi connectivity index (χ0n) is 10.7. The number of aryl methyl sites for hydroxylation is 1. The van der Waals surface area contributed by atoms with Crippen LogP contribution in [-0.2, 0) is 13.1 Å². The summed E-state index contributed by atoms with van der Waals surface area (Å²) in [7, 11) is 0. The number of hydrogen-bond donors (Lipinski definition) is 2. The van der Waals surface area contributed by atoms with Crippen LogP contribution in [0.1, 0.15) is 12.1 Å². The van der Waals surface area contributed by atoms with Crippen molar-refractivity contribution in [2.24, 2.45) is 0 Å². The van der Waals surface area contributed by atoms with Crippen LogP contribution in [0.15, 0.2) is 43.1 Å². The molecule has 0 spiro atoms. The van der Waals surface area contributed by atoms with Gasteiger partial charge >= 0.3 is 0 Å². The smallest absolute Gasteiger partial charge is 0.0958 e. The molecule has 0 radical (unpaired) electrons. The Morgan fingerprint density at radius 1 is 1.26 bits per heavy atom. The first-order valence-corrected chi connectivity index (χ1v) is 6.51. The predicted molar refractivity (Wildman–Crippen MR) is 74.6 cm³/mol. The fourth-order valence-electron chi connectivity index (χ4n) is 2.17. The third kappa shape index (κ3) is 2.82. The van der Waals surface area contributed by atoms with Crippen LogP contribution in [0.4, 0.5) is 0 Å². The van der Waals surface area contributed by atoms with E-state index in [1.54, 1.807) is 6.33 Å². The van der Waals surface area contributed by atoms with Gasteiger partial charge in [0.15, 0.2) is 0 Å². The van der Waals surface area contributed by atoms with Gasteiger partial charge in [-0.15, -0.1) is 0 Å². The predicted octanol–water partition coefficient (Wildman–Crippen LogP) is 1.94. The number of para-hydroxylation sites is 2. The number of hydrogen-bond acceptors (Lipinski definition) is 3. The molecule has 5 nitrogen and oxygen atoms in total. The molecule has 98 valence electrons. The van der Waals surface area contributed by atoms with Crippen LogP contribution in [0.5, 0.6) is 0 Å². The quantitative estimate of drug-likeness (QED) is 0.662. The van der Waals surface area contributed by atoms with E-state index in [9.17, 15) is 0 Å². The highest BCUT2D eigenvalue weighted by Gasteiger charge is 2.00. The molecule has 3 aromatic rings. The molecule has 0 fully saturated rings. The van der Waals surface area contributed by atoms with E-state index < -0.39 is 0 Å². The number of aromatic amines is 1. The van der Waals surface area contributed by atoms with E-state index in [4.69, 9.17) is 0 Å². The summed E-state index contributed by atoms with van der Waals surface area (Å²) in [5.74, 6) is 0. The van der Waals surface area contributed by atoms with Gasteiger partial charge in [-0.1, -0.05) is 12.1 Å². The molecule has 0 saturated heterocycles. The lowest BCUT2D eigenvalue weighted by Gasteiger charge is -2.05. The molecular weight excluding hydrogens is 238 g/mol. The first-order chi connectivity index (χ1) is 9.43. The Bertz CT molecular complexity index is 626. The summed E-state index contributed by atoms with van der Waals surface area (Å²) < 4.78 is 2.20. The van der Waals surface area contributed by atoms with Crippen LogP contribution in [0.3, 0.4) is 0 Å². The minimum absolute atomic E-state index is 0.838. The summed E-state index contributed by atoms with van der Waals surface area (Å²) in [6.07, 6.45) is 6.54. The van der Waals surface area contributed by atoms with Crippen LogP contribution in [-0.4, -0.2) is 26.1 Å². The van der Waals surface area contributed by atoms with Gasteiger partial charge in [0.25, 0.3) is 0 Å². The minimum Gasteiger partial charge on any atom is -0.347 e. The Balaban J connectivity index is 1.47. The van der Waals surface area contributed by atoms with Crippen LogP contribution >= 0.6 is 0 Å². The summed E-state index contributed by atoms with van der Waals surface area (Å²) in [6.45, 7) is 2.80. The number of nitrogens with zero attached hydrogens (tertiary/aromatic N) is 3. The Labute approximate surface area is 111 Å². The van der Waals surface area contributed by atoms with Crippen molar-refractivity contribution in [1.82, 2.24) is 24.8 Å². The second-order valence-electron chi connectivity index (χ2n) is 4.53. The first-order valence-electron chi connectivity index (χ1n) is 6.51. The van der Waals surface area contributed by atoms with Crippen molar-refractivity contribution in [3.05, 3.63) is 48.8 Å². The number of fused-ring (bicyclic) bond motifs is 1. The van der Waals surface area contributed by atoms with Gasteiger partial charge < -0.3 is 14.9 Å². The molecule has 0 unspecified atom stereocenters. The van der Waals surface area contributed by atoms with Gasteiger partial charge in [-0.25, -0.2) is 9.97 Å². The van der Waals surface area contributed by atoms with E-state index in [-0.39, 0.29) is 0 Å². The highest BCUT2D eigenvalue weighted by Crippen LogP contribution is 2.11. The number of imidazole rings is 2. The van der Waals surface area contributed by atoms with Crippen LogP contribution in [0.2, 0.25) is 0 Å². The fourth-order valence-corrected chi connectivity index (χ4v) is 2.17. The molecule has 1 aromatic carbocycles. The SMILES string of the molecule is c1ccc2c(c1)ncn2CCCNCc1cnc[nH]1. The van der Waals surface area contributed by atoms with Crippen molar-refractivity contribution in [3.63, 3.8) is 0 Å². The monoisotopic (exact) mass is 255 g/mol. The second kappa shape index (κ2) is 5.67. The minimum atomic E-state index is 0.838. The van der Waals surface area contributed by atoms with Crippen molar-refractivity contribution < 1.29 is 0 Å². The molecule has 0 saturated carbocycles.